The first-order chi connectivity index (χ1) is 12.4. The SMILES string of the molecule is CC(C)Oc1ccc(S(=O)(=O)NCc2ccc(-c3ccoc3)nc2)cc1. The van der Waals surface area contributed by atoms with Crippen LogP contribution in [0.3, 0.4) is 0 Å². The third kappa shape index (κ3) is 4.50. The Kier molecular flexibility index (Phi) is 5.39. The predicted octanol–water partition coefficient (Wildman–Crippen LogP) is 3.61. The second kappa shape index (κ2) is 7.72. The zero-order valence-electron chi connectivity index (χ0n) is 14.5. The zero-order chi connectivity index (χ0) is 18.6. The lowest BCUT2D eigenvalue weighted by Gasteiger charge is -2.11. The Balaban J connectivity index is 1.64. The molecule has 0 bridgehead atoms. The number of furan rings is 1. The number of hydrogen-bond donors (Lipinski definition) is 1. The van der Waals surface area contributed by atoms with Gasteiger partial charge in [0.1, 0.15) is 5.75 Å². The normalized spacial score (nSPS) is 11.7. The highest BCUT2D eigenvalue weighted by atomic mass is 32.2. The number of nitrogens with zero attached hydrogens (tertiary/aromatic N) is 1. The summed E-state index contributed by atoms with van der Waals surface area (Å²) in [6.45, 7) is 3.99. The summed E-state index contributed by atoms with van der Waals surface area (Å²) in [6, 6.07) is 11.8. The number of sulfonamides is 1. The van der Waals surface area contributed by atoms with Crippen molar-refractivity contribution in [3.05, 3.63) is 66.8 Å². The van der Waals surface area contributed by atoms with Crippen LogP contribution in [-0.4, -0.2) is 19.5 Å². The van der Waals surface area contributed by atoms with E-state index in [9.17, 15) is 8.42 Å². The summed E-state index contributed by atoms with van der Waals surface area (Å²) in [6.07, 6.45) is 4.87. The van der Waals surface area contributed by atoms with Crippen molar-refractivity contribution in [1.82, 2.24) is 9.71 Å². The van der Waals surface area contributed by atoms with Crippen LogP contribution >= 0.6 is 0 Å². The Morgan fingerprint density at radius 3 is 2.46 bits per heavy atom. The quantitative estimate of drug-likeness (QED) is 0.685. The molecule has 0 spiro atoms. The van der Waals surface area contributed by atoms with E-state index < -0.39 is 10.0 Å². The van der Waals surface area contributed by atoms with Crippen molar-refractivity contribution in [1.29, 1.82) is 0 Å². The highest BCUT2D eigenvalue weighted by Gasteiger charge is 2.14. The molecule has 0 aliphatic heterocycles. The molecule has 0 amide bonds. The van der Waals surface area contributed by atoms with Gasteiger partial charge in [-0.15, -0.1) is 0 Å². The summed E-state index contributed by atoms with van der Waals surface area (Å²) in [7, 11) is -3.61. The molecule has 136 valence electrons. The van der Waals surface area contributed by atoms with Crippen LogP contribution in [0.4, 0.5) is 0 Å². The first kappa shape index (κ1) is 18.2. The van der Waals surface area contributed by atoms with Crippen LogP contribution in [-0.2, 0) is 16.6 Å². The van der Waals surface area contributed by atoms with Gasteiger partial charge in [-0.3, -0.25) is 4.98 Å². The van der Waals surface area contributed by atoms with Gasteiger partial charge in [-0.05, 0) is 55.8 Å². The minimum absolute atomic E-state index is 0.0353. The van der Waals surface area contributed by atoms with Gasteiger partial charge in [0.2, 0.25) is 10.0 Å². The van der Waals surface area contributed by atoms with Gasteiger partial charge in [-0.25, -0.2) is 13.1 Å². The van der Waals surface area contributed by atoms with Gasteiger partial charge >= 0.3 is 0 Å². The maximum atomic E-state index is 12.4. The molecule has 0 aliphatic carbocycles. The first-order valence-corrected chi connectivity index (χ1v) is 9.66. The first-order valence-electron chi connectivity index (χ1n) is 8.18. The molecular weight excluding hydrogens is 352 g/mol. The Morgan fingerprint density at radius 2 is 1.88 bits per heavy atom. The molecule has 0 saturated carbocycles. The Bertz CT molecular complexity index is 932. The molecule has 1 N–H and O–H groups in total. The summed E-state index contributed by atoms with van der Waals surface area (Å²) >= 11 is 0. The van der Waals surface area contributed by atoms with Crippen LogP contribution in [0.15, 0.2) is 70.5 Å². The predicted molar refractivity (Wildman–Crippen MR) is 98.2 cm³/mol. The molecule has 3 rings (SSSR count). The molecule has 0 atom stereocenters. The van der Waals surface area contributed by atoms with Crippen LogP contribution in [0.5, 0.6) is 5.75 Å². The fourth-order valence-electron chi connectivity index (χ4n) is 2.34. The molecule has 3 aromatic rings. The van der Waals surface area contributed by atoms with E-state index in [-0.39, 0.29) is 17.5 Å². The van der Waals surface area contributed by atoms with E-state index in [2.05, 4.69) is 9.71 Å². The van der Waals surface area contributed by atoms with E-state index in [1.54, 1.807) is 30.9 Å². The molecular formula is C19H20N2O4S. The van der Waals surface area contributed by atoms with Crippen LogP contribution in [0.2, 0.25) is 0 Å². The average molecular weight is 372 g/mol. The summed E-state index contributed by atoms with van der Waals surface area (Å²) < 4.78 is 37.9. The number of hydrogen-bond acceptors (Lipinski definition) is 5. The van der Waals surface area contributed by atoms with Gasteiger partial charge in [0, 0.05) is 18.3 Å². The standard InChI is InChI=1S/C19H20N2O4S/c1-14(2)25-17-4-6-18(7-5-17)26(22,23)21-12-15-3-8-19(20-11-15)16-9-10-24-13-16/h3-11,13-14,21H,12H2,1-2H3. The third-order valence-electron chi connectivity index (χ3n) is 3.61. The van der Waals surface area contributed by atoms with Gasteiger partial charge in [-0.2, -0.15) is 0 Å². The van der Waals surface area contributed by atoms with E-state index >= 15 is 0 Å². The maximum absolute atomic E-state index is 12.4. The van der Waals surface area contributed by atoms with Crippen molar-refractivity contribution in [3.8, 4) is 17.0 Å². The fraction of sp³-hybridized carbons (Fsp3) is 0.211. The number of pyridine rings is 1. The molecule has 2 aromatic heterocycles. The second-order valence-corrected chi connectivity index (χ2v) is 7.79. The Labute approximate surface area is 152 Å². The Hall–Kier alpha value is -2.64. The molecule has 0 radical (unpaired) electrons. The number of aromatic nitrogens is 1. The van der Waals surface area contributed by atoms with Crippen LogP contribution in [0.25, 0.3) is 11.3 Å². The number of ether oxygens (including phenoxy) is 1. The number of rotatable bonds is 7. The number of benzene rings is 1. The van der Waals surface area contributed by atoms with Gasteiger partial charge in [0.15, 0.2) is 0 Å². The number of nitrogens with one attached hydrogen (secondary N) is 1. The van der Waals surface area contributed by atoms with Gasteiger partial charge in [0.25, 0.3) is 0 Å². The highest BCUT2D eigenvalue weighted by molar-refractivity contribution is 7.89. The second-order valence-electron chi connectivity index (χ2n) is 6.03. The maximum Gasteiger partial charge on any atom is 0.240 e. The van der Waals surface area contributed by atoms with E-state index in [0.29, 0.717) is 5.75 Å². The van der Waals surface area contributed by atoms with Crippen molar-refractivity contribution in [3.63, 3.8) is 0 Å². The van der Waals surface area contributed by atoms with Crippen molar-refractivity contribution in [2.75, 3.05) is 0 Å². The topological polar surface area (TPSA) is 81.4 Å². The summed E-state index contributed by atoms with van der Waals surface area (Å²) in [4.78, 5) is 4.51. The van der Waals surface area contributed by atoms with Crippen molar-refractivity contribution >= 4 is 10.0 Å². The van der Waals surface area contributed by atoms with E-state index in [1.165, 1.54) is 12.1 Å². The van der Waals surface area contributed by atoms with Crippen LogP contribution in [0, 0.1) is 0 Å². The van der Waals surface area contributed by atoms with Gasteiger partial charge in [0.05, 0.1) is 29.2 Å². The van der Waals surface area contributed by atoms with Crippen LogP contribution < -0.4 is 9.46 Å². The zero-order valence-corrected chi connectivity index (χ0v) is 15.4. The lowest BCUT2D eigenvalue weighted by molar-refractivity contribution is 0.242. The van der Waals surface area contributed by atoms with Gasteiger partial charge in [-0.1, -0.05) is 6.07 Å². The Morgan fingerprint density at radius 1 is 1.12 bits per heavy atom. The minimum atomic E-state index is -3.61. The summed E-state index contributed by atoms with van der Waals surface area (Å²) in [5.74, 6) is 0.637. The smallest absolute Gasteiger partial charge is 0.240 e. The lowest BCUT2D eigenvalue weighted by Crippen LogP contribution is -2.23. The molecule has 0 saturated heterocycles. The molecule has 1 aromatic carbocycles. The summed E-state index contributed by atoms with van der Waals surface area (Å²) in [5.41, 5.74) is 2.41. The van der Waals surface area contributed by atoms with E-state index in [4.69, 9.17) is 9.15 Å². The monoisotopic (exact) mass is 372 g/mol. The average Bonchev–Trinajstić information content (AvgIpc) is 3.15. The molecule has 0 fully saturated rings. The van der Waals surface area contributed by atoms with E-state index in [0.717, 1.165) is 16.8 Å². The molecule has 0 unspecified atom stereocenters. The third-order valence-corrected chi connectivity index (χ3v) is 5.03. The fourth-order valence-corrected chi connectivity index (χ4v) is 3.36. The summed E-state index contributed by atoms with van der Waals surface area (Å²) in [5, 5.41) is 0. The van der Waals surface area contributed by atoms with Crippen molar-refractivity contribution in [2.24, 2.45) is 0 Å². The molecule has 26 heavy (non-hydrogen) atoms. The van der Waals surface area contributed by atoms with Crippen molar-refractivity contribution in [2.45, 2.75) is 31.4 Å². The van der Waals surface area contributed by atoms with Crippen molar-refractivity contribution < 1.29 is 17.6 Å². The highest BCUT2D eigenvalue weighted by Crippen LogP contribution is 2.19. The molecule has 6 nitrogen and oxygen atoms in total. The largest absolute Gasteiger partial charge is 0.491 e. The molecule has 0 aliphatic rings. The molecule has 2 heterocycles. The lowest BCUT2D eigenvalue weighted by atomic mass is 10.2. The van der Waals surface area contributed by atoms with E-state index in [1.807, 2.05) is 32.0 Å². The molecule has 7 heteroatoms. The minimum Gasteiger partial charge on any atom is -0.491 e. The van der Waals surface area contributed by atoms with Crippen LogP contribution in [0.1, 0.15) is 19.4 Å². The van der Waals surface area contributed by atoms with Gasteiger partial charge < -0.3 is 9.15 Å².